The number of carbonyl (C=O) groups is 1. The van der Waals surface area contributed by atoms with Crippen molar-refractivity contribution in [2.75, 3.05) is 30.1 Å². The van der Waals surface area contributed by atoms with Gasteiger partial charge in [-0.3, -0.25) is 4.79 Å². The number of ether oxygens (including phenoxy) is 1. The summed E-state index contributed by atoms with van der Waals surface area (Å²) >= 11 is 1.97. The van der Waals surface area contributed by atoms with Gasteiger partial charge in [0, 0.05) is 18.3 Å². The topological polar surface area (TPSA) is 41.6 Å². The molecule has 0 bridgehead atoms. The molecule has 5 heteroatoms. The van der Waals surface area contributed by atoms with E-state index in [0.29, 0.717) is 6.04 Å². The molecular formula is C16H22N2O2S. The fraction of sp³-hybridized carbons (Fsp3) is 0.562. The first-order valence-electron chi connectivity index (χ1n) is 7.58. The molecule has 2 fully saturated rings. The standard InChI is InChI=1S/C16H22N2O2S/c1-20-15-7-3-2-6-14(15)18-9-4-5-13(16(18)19)17-12-8-10-21-11-12/h2-3,6-7,12-13,17H,4-5,8-11H2,1H3/t12-,13+/m1/s1. The van der Waals surface area contributed by atoms with Crippen molar-refractivity contribution in [3.8, 4) is 5.75 Å². The minimum atomic E-state index is -0.0487. The largest absolute Gasteiger partial charge is 0.495 e. The van der Waals surface area contributed by atoms with E-state index in [9.17, 15) is 4.79 Å². The molecular weight excluding hydrogens is 284 g/mol. The molecule has 21 heavy (non-hydrogen) atoms. The Bertz CT molecular complexity index is 503. The predicted molar refractivity (Wildman–Crippen MR) is 87.2 cm³/mol. The van der Waals surface area contributed by atoms with Crippen LogP contribution in [0.3, 0.4) is 0 Å². The summed E-state index contributed by atoms with van der Waals surface area (Å²) in [6, 6.07) is 8.20. The van der Waals surface area contributed by atoms with Crippen molar-refractivity contribution in [3.63, 3.8) is 0 Å². The smallest absolute Gasteiger partial charge is 0.244 e. The maximum atomic E-state index is 12.8. The number of piperidine rings is 1. The van der Waals surface area contributed by atoms with Crippen LogP contribution in [0, 0.1) is 0 Å². The molecule has 2 atom stereocenters. The number of amides is 1. The van der Waals surface area contributed by atoms with E-state index in [2.05, 4.69) is 5.32 Å². The zero-order valence-electron chi connectivity index (χ0n) is 12.4. The van der Waals surface area contributed by atoms with Crippen LogP contribution in [0.1, 0.15) is 19.3 Å². The first-order valence-corrected chi connectivity index (χ1v) is 8.73. The Morgan fingerprint density at radius 3 is 2.95 bits per heavy atom. The molecule has 0 unspecified atom stereocenters. The van der Waals surface area contributed by atoms with Crippen LogP contribution < -0.4 is 15.0 Å². The molecule has 1 aromatic carbocycles. The molecule has 114 valence electrons. The van der Waals surface area contributed by atoms with E-state index < -0.39 is 0 Å². The van der Waals surface area contributed by atoms with Crippen molar-refractivity contribution in [2.24, 2.45) is 0 Å². The molecule has 1 aromatic rings. The second kappa shape index (κ2) is 6.71. The van der Waals surface area contributed by atoms with Crippen LogP contribution in [0.4, 0.5) is 5.69 Å². The molecule has 0 aromatic heterocycles. The lowest BCUT2D eigenvalue weighted by atomic mass is 10.0. The van der Waals surface area contributed by atoms with E-state index in [1.165, 1.54) is 12.2 Å². The summed E-state index contributed by atoms with van der Waals surface area (Å²) in [5.41, 5.74) is 0.886. The molecule has 0 aliphatic carbocycles. The predicted octanol–water partition coefficient (Wildman–Crippen LogP) is 2.29. The molecule has 0 saturated carbocycles. The third kappa shape index (κ3) is 3.19. The van der Waals surface area contributed by atoms with Gasteiger partial charge in [0.2, 0.25) is 5.91 Å². The van der Waals surface area contributed by atoms with Gasteiger partial charge in [0.1, 0.15) is 5.75 Å². The number of benzene rings is 1. The summed E-state index contributed by atoms with van der Waals surface area (Å²) in [7, 11) is 1.65. The fourth-order valence-electron chi connectivity index (χ4n) is 3.07. The lowest BCUT2D eigenvalue weighted by Crippen LogP contribution is -2.53. The van der Waals surface area contributed by atoms with Gasteiger partial charge < -0.3 is 15.0 Å². The Morgan fingerprint density at radius 1 is 1.33 bits per heavy atom. The highest BCUT2D eigenvalue weighted by molar-refractivity contribution is 7.99. The van der Waals surface area contributed by atoms with Crippen LogP contribution >= 0.6 is 11.8 Å². The van der Waals surface area contributed by atoms with Gasteiger partial charge in [0.25, 0.3) is 0 Å². The van der Waals surface area contributed by atoms with Crippen molar-refractivity contribution >= 4 is 23.4 Å². The Morgan fingerprint density at radius 2 is 2.19 bits per heavy atom. The number of rotatable bonds is 4. The Balaban J connectivity index is 1.74. The van der Waals surface area contributed by atoms with Gasteiger partial charge in [-0.15, -0.1) is 0 Å². The molecule has 2 heterocycles. The minimum absolute atomic E-state index is 0.0487. The number of thioether (sulfide) groups is 1. The second-order valence-electron chi connectivity index (χ2n) is 5.58. The van der Waals surface area contributed by atoms with E-state index in [0.717, 1.165) is 36.6 Å². The normalized spacial score (nSPS) is 26.1. The molecule has 1 amide bonds. The molecule has 4 nitrogen and oxygen atoms in total. The molecule has 0 radical (unpaired) electrons. The Labute approximate surface area is 130 Å². The van der Waals surface area contributed by atoms with Gasteiger partial charge in [0.15, 0.2) is 0 Å². The molecule has 3 rings (SSSR count). The van der Waals surface area contributed by atoms with Gasteiger partial charge >= 0.3 is 0 Å². The maximum Gasteiger partial charge on any atom is 0.244 e. The highest BCUT2D eigenvalue weighted by Crippen LogP contribution is 2.31. The first-order chi connectivity index (χ1) is 10.3. The van der Waals surface area contributed by atoms with E-state index in [1.807, 2.05) is 40.9 Å². The minimum Gasteiger partial charge on any atom is -0.495 e. The van der Waals surface area contributed by atoms with Gasteiger partial charge in [-0.25, -0.2) is 0 Å². The number of nitrogens with one attached hydrogen (secondary N) is 1. The molecule has 2 aliphatic rings. The monoisotopic (exact) mass is 306 g/mol. The number of anilines is 1. The Kier molecular flexibility index (Phi) is 4.70. The number of nitrogens with zero attached hydrogens (tertiary/aromatic N) is 1. The molecule has 2 aliphatic heterocycles. The van der Waals surface area contributed by atoms with E-state index in [4.69, 9.17) is 4.74 Å². The van der Waals surface area contributed by atoms with Crippen LogP contribution in [0.15, 0.2) is 24.3 Å². The zero-order chi connectivity index (χ0) is 14.7. The van der Waals surface area contributed by atoms with Crippen molar-refractivity contribution in [3.05, 3.63) is 24.3 Å². The second-order valence-corrected chi connectivity index (χ2v) is 6.73. The van der Waals surface area contributed by atoms with Crippen LogP contribution in [0.25, 0.3) is 0 Å². The average molecular weight is 306 g/mol. The summed E-state index contributed by atoms with van der Waals surface area (Å²) in [5, 5.41) is 3.55. The van der Waals surface area contributed by atoms with Crippen molar-refractivity contribution < 1.29 is 9.53 Å². The average Bonchev–Trinajstić information content (AvgIpc) is 3.02. The van der Waals surface area contributed by atoms with E-state index in [1.54, 1.807) is 7.11 Å². The van der Waals surface area contributed by atoms with Crippen LogP contribution in [-0.2, 0) is 4.79 Å². The number of hydrogen-bond donors (Lipinski definition) is 1. The first kappa shape index (κ1) is 14.7. The maximum absolute atomic E-state index is 12.8. The summed E-state index contributed by atoms with van der Waals surface area (Å²) in [6.45, 7) is 0.775. The fourth-order valence-corrected chi connectivity index (χ4v) is 4.24. The third-order valence-corrected chi connectivity index (χ3v) is 5.34. The van der Waals surface area contributed by atoms with Gasteiger partial charge in [-0.05, 0) is 37.1 Å². The summed E-state index contributed by atoms with van der Waals surface area (Å²) in [4.78, 5) is 14.7. The van der Waals surface area contributed by atoms with Gasteiger partial charge in [-0.2, -0.15) is 11.8 Å². The lowest BCUT2D eigenvalue weighted by molar-refractivity contribution is -0.122. The number of methoxy groups -OCH3 is 1. The summed E-state index contributed by atoms with van der Waals surface area (Å²) in [6.07, 6.45) is 3.13. The molecule has 0 spiro atoms. The van der Waals surface area contributed by atoms with E-state index in [-0.39, 0.29) is 11.9 Å². The van der Waals surface area contributed by atoms with Crippen molar-refractivity contribution in [1.82, 2.24) is 5.32 Å². The zero-order valence-corrected chi connectivity index (χ0v) is 13.2. The lowest BCUT2D eigenvalue weighted by Gasteiger charge is -2.34. The number of hydrogen-bond acceptors (Lipinski definition) is 4. The van der Waals surface area contributed by atoms with Gasteiger partial charge in [-0.1, -0.05) is 12.1 Å². The van der Waals surface area contributed by atoms with Crippen molar-refractivity contribution in [1.29, 1.82) is 0 Å². The SMILES string of the molecule is COc1ccccc1N1CCC[C@H](N[C@@H]2CCSC2)C1=O. The quantitative estimate of drug-likeness (QED) is 0.927. The molecule has 1 N–H and O–H groups in total. The highest BCUT2D eigenvalue weighted by Gasteiger charge is 2.32. The van der Waals surface area contributed by atoms with Crippen LogP contribution in [-0.4, -0.2) is 43.2 Å². The Hall–Kier alpha value is -1.20. The highest BCUT2D eigenvalue weighted by atomic mass is 32.2. The number of carbonyl (C=O) groups excluding carboxylic acids is 1. The number of para-hydroxylation sites is 2. The summed E-state index contributed by atoms with van der Waals surface area (Å²) < 4.78 is 5.40. The summed E-state index contributed by atoms with van der Waals surface area (Å²) in [5.74, 6) is 3.28. The van der Waals surface area contributed by atoms with Crippen LogP contribution in [0.5, 0.6) is 5.75 Å². The van der Waals surface area contributed by atoms with E-state index >= 15 is 0 Å². The van der Waals surface area contributed by atoms with Gasteiger partial charge in [0.05, 0.1) is 18.8 Å². The van der Waals surface area contributed by atoms with Crippen molar-refractivity contribution in [2.45, 2.75) is 31.3 Å². The van der Waals surface area contributed by atoms with Crippen LogP contribution in [0.2, 0.25) is 0 Å². The molecule has 2 saturated heterocycles. The third-order valence-electron chi connectivity index (χ3n) is 4.18.